The highest BCUT2D eigenvalue weighted by Gasteiger charge is 2.30. The van der Waals surface area contributed by atoms with Crippen molar-refractivity contribution in [3.8, 4) is 0 Å². The van der Waals surface area contributed by atoms with Crippen LogP contribution in [0.3, 0.4) is 0 Å². The number of nitrogens with one attached hydrogen (secondary N) is 1. The van der Waals surface area contributed by atoms with Crippen LogP contribution in [0.1, 0.15) is 41.9 Å². The molecule has 1 aliphatic rings. The third-order valence-corrected chi connectivity index (χ3v) is 4.68. The number of benzene rings is 2. The number of hydrogen-bond acceptors (Lipinski definition) is 1. The Kier molecular flexibility index (Phi) is 4.72. The first-order chi connectivity index (χ1) is 10.3. The van der Waals surface area contributed by atoms with E-state index >= 15 is 0 Å². The summed E-state index contributed by atoms with van der Waals surface area (Å²) < 4.78 is 0. The molecule has 0 aromatic heterocycles. The van der Waals surface area contributed by atoms with E-state index in [2.05, 4.69) is 66.8 Å². The summed E-state index contributed by atoms with van der Waals surface area (Å²) in [5.41, 5.74) is 4.45. The molecule has 2 aromatic rings. The van der Waals surface area contributed by atoms with Crippen molar-refractivity contribution in [3.05, 3.63) is 71.3 Å². The summed E-state index contributed by atoms with van der Waals surface area (Å²) in [6.45, 7) is 3.37. The van der Waals surface area contributed by atoms with E-state index in [9.17, 15) is 0 Å². The van der Waals surface area contributed by atoms with Crippen molar-refractivity contribution in [3.63, 3.8) is 0 Å². The highest BCUT2D eigenvalue weighted by atomic mass is 14.9. The van der Waals surface area contributed by atoms with E-state index in [1.807, 2.05) is 0 Å². The van der Waals surface area contributed by atoms with Crippen LogP contribution < -0.4 is 5.32 Å². The number of aryl methyl sites for hydroxylation is 2. The zero-order valence-electron chi connectivity index (χ0n) is 12.9. The first-order valence-corrected chi connectivity index (χ1v) is 8.16. The standard InChI is InChI=1S/C20H25N/c1-16-8-5-6-12-20(16)18-14-19(15-18)21-13-7-11-17-9-3-2-4-10-17/h2-6,8-10,12,18-19,21H,7,11,13-15H2,1H3. The molecule has 0 amide bonds. The van der Waals surface area contributed by atoms with Crippen LogP contribution in [-0.2, 0) is 6.42 Å². The minimum absolute atomic E-state index is 0.727. The highest BCUT2D eigenvalue weighted by molar-refractivity contribution is 5.31. The summed E-state index contributed by atoms with van der Waals surface area (Å²) in [6, 6.07) is 20.3. The van der Waals surface area contributed by atoms with E-state index in [0.717, 1.165) is 18.5 Å². The third-order valence-electron chi connectivity index (χ3n) is 4.68. The van der Waals surface area contributed by atoms with Gasteiger partial charge < -0.3 is 5.32 Å². The second-order valence-electron chi connectivity index (χ2n) is 6.27. The predicted octanol–water partition coefficient (Wildman–Crippen LogP) is 4.46. The molecule has 0 unspecified atom stereocenters. The maximum atomic E-state index is 3.71. The van der Waals surface area contributed by atoms with Gasteiger partial charge in [0.05, 0.1) is 0 Å². The smallest absolute Gasteiger partial charge is 0.00787 e. The molecule has 0 spiro atoms. The van der Waals surface area contributed by atoms with Crippen molar-refractivity contribution in [2.75, 3.05) is 6.54 Å². The summed E-state index contributed by atoms with van der Waals surface area (Å²) in [5.74, 6) is 0.776. The molecule has 3 rings (SSSR count). The second-order valence-corrected chi connectivity index (χ2v) is 6.27. The van der Waals surface area contributed by atoms with Crippen LogP contribution in [0.4, 0.5) is 0 Å². The fourth-order valence-electron chi connectivity index (χ4n) is 3.33. The van der Waals surface area contributed by atoms with E-state index in [-0.39, 0.29) is 0 Å². The molecule has 0 atom stereocenters. The maximum absolute atomic E-state index is 3.71. The van der Waals surface area contributed by atoms with Crippen molar-refractivity contribution in [1.82, 2.24) is 5.32 Å². The van der Waals surface area contributed by atoms with Crippen LogP contribution in [0.25, 0.3) is 0 Å². The molecule has 0 aliphatic heterocycles. The van der Waals surface area contributed by atoms with Gasteiger partial charge in [0.2, 0.25) is 0 Å². The Labute approximate surface area is 128 Å². The molecular formula is C20H25N. The van der Waals surface area contributed by atoms with Crippen LogP contribution >= 0.6 is 0 Å². The van der Waals surface area contributed by atoms with E-state index in [4.69, 9.17) is 0 Å². The Morgan fingerprint density at radius 3 is 2.43 bits per heavy atom. The molecule has 1 N–H and O–H groups in total. The minimum Gasteiger partial charge on any atom is -0.314 e. The quantitative estimate of drug-likeness (QED) is 0.770. The maximum Gasteiger partial charge on any atom is 0.00787 e. The van der Waals surface area contributed by atoms with Gasteiger partial charge in [0.25, 0.3) is 0 Å². The fraction of sp³-hybridized carbons (Fsp3) is 0.400. The lowest BCUT2D eigenvalue weighted by Crippen LogP contribution is -2.40. The third kappa shape index (κ3) is 3.74. The normalized spacial score (nSPS) is 21.0. The Morgan fingerprint density at radius 1 is 0.952 bits per heavy atom. The summed E-state index contributed by atoms with van der Waals surface area (Å²) in [4.78, 5) is 0. The molecule has 0 radical (unpaired) electrons. The van der Waals surface area contributed by atoms with Gasteiger partial charge in [-0.05, 0) is 61.8 Å². The van der Waals surface area contributed by atoms with Gasteiger partial charge in [0.15, 0.2) is 0 Å². The molecule has 1 nitrogen and oxygen atoms in total. The average molecular weight is 279 g/mol. The molecule has 21 heavy (non-hydrogen) atoms. The Balaban J connectivity index is 1.35. The summed E-state index contributed by atoms with van der Waals surface area (Å²) in [5, 5.41) is 3.71. The van der Waals surface area contributed by atoms with Crippen molar-refractivity contribution in [2.45, 2.75) is 44.6 Å². The lowest BCUT2D eigenvalue weighted by atomic mass is 9.74. The first-order valence-electron chi connectivity index (χ1n) is 8.16. The largest absolute Gasteiger partial charge is 0.314 e. The summed E-state index contributed by atoms with van der Waals surface area (Å²) in [7, 11) is 0. The first kappa shape index (κ1) is 14.3. The average Bonchev–Trinajstić information content (AvgIpc) is 2.47. The Bertz CT molecular complexity index is 555. The molecule has 1 fully saturated rings. The fourth-order valence-corrected chi connectivity index (χ4v) is 3.33. The molecule has 1 heteroatoms. The van der Waals surface area contributed by atoms with Gasteiger partial charge in [-0.15, -0.1) is 0 Å². The van der Waals surface area contributed by atoms with Crippen molar-refractivity contribution in [1.29, 1.82) is 0 Å². The highest BCUT2D eigenvalue weighted by Crippen LogP contribution is 2.38. The van der Waals surface area contributed by atoms with E-state index in [1.54, 1.807) is 5.56 Å². The second kappa shape index (κ2) is 6.91. The molecule has 2 aromatic carbocycles. The Hall–Kier alpha value is -1.60. The molecular weight excluding hydrogens is 254 g/mol. The van der Waals surface area contributed by atoms with Crippen LogP contribution in [0.2, 0.25) is 0 Å². The molecule has 0 saturated heterocycles. The number of rotatable bonds is 6. The molecule has 110 valence electrons. The van der Waals surface area contributed by atoms with E-state index in [1.165, 1.54) is 36.8 Å². The van der Waals surface area contributed by atoms with Crippen LogP contribution in [0.15, 0.2) is 54.6 Å². The van der Waals surface area contributed by atoms with Crippen LogP contribution in [0.5, 0.6) is 0 Å². The van der Waals surface area contributed by atoms with Crippen LogP contribution in [-0.4, -0.2) is 12.6 Å². The monoisotopic (exact) mass is 279 g/mol. The van der Waals surface area contributed by atoms with Gasteiger partial charge in [-0.1, -0.05) is 54.6 Å². The lowest BCUT2D eigenvalue weighted by Gasteiger charge is -2.37. The molecule has 0 heterocycles. The molecule has 1 saturated carbocycles. The van der Waals surface area contributed by atoms with Crippen LogP contribution in [0, 0.1) is 6.92 Å². The molecule has 0 bridgehead atoms. The lowest BCUT2D eigenvalue weighted by molar-refractivity contribution is 0.290. The zero-order chi connectivity index (χ0) is 14.5. The molecule has 1 aliphatic carbocycles. The predicted molar refractivity (Wildman–Crippen MR) is 89.7 cm³/mol. The SMILES string of the molecule is Cc1ccccc1C1CC(NCCCc2ccccc2)C1. The van der Waals surface area contributed by atoms with Gasteiger partial charge in [0.1, 0.15) is 0 Å². The van der Waals surface area contributed by atoms with E-state index < -0.39 is 0 Å². The van der Waals surface area contributed by atoms with Gasteiger partial charge >= 0.3 is 0 Å². The number of hydrogen-bond donors (Lipinski definition) is 1. The summed E-state index contributed by atoms with van der Waals surface area (Å²) >= 11 is 0. The Morgan fingerprint density at radius 2 is 1.67 bits per heavy atom. The van der Waals surface area contributed by atoms with Gasteiger partial charge in [-0.25, -0.2) is 0 Å². The van der Waals surface area contributed by atoms with Gasteiger partial charge in [-0.3, -0.25) is 0 Å². The van der Waals surface area contributed by atoms with Gasteiger partial charge in [-0.2, -0.15) is 0 Å². The zero-order valence-corrected chi connectivity index (χ0v) is 12.9. The van der Waals surface area contributed by atoms with Crippen molar-refractivity contribution >= 4 is 0 Å². The topological polar surface area (TPSA) is 12.0 Å². The van der Waals surface area contributed by atoms with Crippen molar-refractivity contribution < 1.29 is 0 Å². The van der Waals surface area contributed by atoms with E-state index in [0.29, 0.717) is 0 Å². The van der Waals surface area contributed by atoms with Crippen molar-refractivity contribution in [2.24, 2.45) is 0 Å². The van der Waals surface area contributed by atoms with Gasteiger partial charge in [0, 0.05) is 6.04 Å². The minimum atomic E-state index is 0.727. The summed E-state index contributed by atoms with van der Waals surface area (Å²) in [6.07, 6.45) is 5.02.